The molecule has 1 saturated carbocycles. The Kier molecular flexibility index (Phi) is 5.60. The van der Waals surface area contributed by atoms with Crippen molar-refractivity contribution in [1.29, 1.82) is 0 Å². The highest BCUT2D eigenvalue weighted by molar-refractivity contribution is 7.87. The van der Waals surface area contributed by atoms with E-state index in [0.29, 0.717) is 5.92 Å². The smallest absolute Gasteiger partial charge is 0.376 e. The summed E-state index contributed by atoms with van der Waals surface area (Å²) in [4.78, 5) is 0. The molecule has 1 aliphatic rings. The van der Waals surface area contributed by atoms with Gasteiger partial charge in [0.05, 0.1) is 0 Å². The highest BCUT2D eigenvalue weighted by Gasteiger charge is 2.48. The van der Waals surface area contributed by atoms with Crippen molar-refractivity contribution in [2.45, 2.75) is 56.9 Å². The van der Waals surface area contributed by atoms with Crippen molar-refractivity contribution < 1.29 is 25.8 Å². The first-order valence-corrected chi connectivity index (χ1v) is 9.20. The predicted molar refractivity (Wildman–Crippen MR) is 81.7 cm³/mol. The van der Waals surface area contributed by atoms with Gasteiger partial charge in [0, 0.05) is 0 Å². The fourth-order valence-corrected chi connectivity index (χ4v) is 3.54. The second-order valence-electron chi connectivity index (χ2n) is 6.19. The molecule has 0 bridgehead atoms. The van der Waals surface area contributed by atoms with Gasteiger partial charge >= 0.3 is 15.6 Å². The van der Waals surface area contributed by atoms with E-state index in [9.17, 15) is 21.6 Å². The van der Waals surface area contributed by atoms with E-state index >= 15 is 0 Å². The summed E-state index contributed by atoms with van der Waals surface area (Å²) in [5.41, 5.74) is -4.44. The summed E-state index contributed by atoms with van der Waals surface area (Å²) in [6, 6.07) is 5.81. The molecule has 0 unspecified atom stereocenters. The van der Waals surface area contributed by atoms with Crippen LogP contribution < -0.4 is 4.18 Å². The fraction of sp³-hybridized carbons (Fsp3) is 0.625. The van der Waals surface area contributed by atoms with Gasteiger partial charge in [-0.25, -0.2) is 0 Å². The number of rotatable bonds is 5. The zero-order chi connectivity index (χ0) is 17.1. The van der Waals surface area contributed by atoms with Crippen LogP contribution in [0.3, 0.4) is 0 Å². The van der Waals surface area contributed by atoms with Crippen molar-refractivity contribution >= 4 is 10.1 Å². The molecule has 0 saturated heterocycles. The molecule has 0 heterocycles. The van der Waals surface area contributed by atoms with Crippen LogP contribution in [0.15, 0.2) is 24.3 Å². The summed E-state index contributed by atoms with van der Waals surface area (Å²) in [6.07, 6.45) is 7.33. The molecule has 0 spiro atoms. The Morgan fingerprint density at radius 2 is 1.70 bits per heavy atom. The standard InChI is InChI=1S/C16H21F3O3S/c1-12(11-13-5-3-2-4-6-13)14-7-9-15(10-8-14)22-23(20,21)16(17,18)19/h7-10,12-13H,2-6,11H2,1H3/t12-/m0/s1. The summed E-state index contributed by atoms with van der Waals surface area (Å²) >= 11 is 0. The quantitative estimate of drug-likeness (QED) is 0.555. The van der Waals surface area contributed by atoms with Gasteiger partial charge in [0.1, 0.15) is 5.75 Å². The van der Waals surface area contributed by atoms with E-state index in [2.05, 4.69) is 11.1 Å². The van der Waals surface area contributed by atoms with Crippen LogP contribution in [0.5, 0.6) is 5.75 Å². The minimum atomic E-state index is -5.61. The van der Waals surface area contributed by atoms with E-state index in [1.54, 1.807) is 12.1 Å². The average molecular weight is 350 g/mol. The average Bonchev–Trinajstić information content (AvgIpc) is 2.47. The Balaban J connectivity index is 1.98. The van der Waals surface area contributed by atoms with Gasteiger partial charge in [-0.2, -0.15) is 21.6 Å². The molecule has 7 heteroatoms. The third-order valence-electron chi connectivity index (χ3n) is 4.35. The first kappa shape index (κ1) is 18.1. The van der Waals surface area contributed by atoms with Crippen LogP contribution in [-0.2, 0) is 10.1 Å². The topological polar surface area (TPSA) is 43.4 Å². The first-order chi connectivity index (χ1) is 10.7. The van der Waals surface area contributed by atoms with Crippen molar-refractivity contribution in [2.24, 2.45) is 5.92 Å². The Morgan fingerprint density at radius 1 is 1.13 bits per heavy atom. The molecule has 0 N–H and O–H groups in total. The van der Waals surface area contributed by atoms with Gasteiger partial charge in [-0.1, -0.05) is 51.2 Å². The number of hydrogen-bond donors (Lipinski definition) is 0. The van der Waals surface area contributed by atoms with E-state index in [-0.39, 0.29) is 11.7 Å². The van der Waals surface area contributed by atoms with Crippen LogP contribution in [0.25, 0.3) is 0 Å². The van der Waals surface area contributed by atoms with E-state index in [0.717, 1.165) is 12.0 Å². The van der Waals surface area contributed by atoms with E-state index in [4.69, 9.17) is 0 Å². The number of benzene rings is 1. The van der Waals surface area contributed by atoms with Crippen LogP contribution in [0.2, 0.25) is 0 Å². The Labute approximate surface area is 135 Å². The van der Waals surface area contributed by atoms with Crippen LogP contribution in [-0.4, -0.2) is 13.9 Å². The summed E-state index contributed by atoms with van der Waals surface area (Å²) in [5, 5.41) is 0. The molecule has 23 heavy (non-hydrogen) atoms. The lowest BCUT2D eigenvalue weighted by Gasteiger charge is -2.24. The van der Waals surface area contributed by atoms with E-state index < -0.39 is 15.6 Å². The lowest BCUT2D eigenvalue weighted by atomic mass is 9.81. The number of alkyl halides is 3. The molecule has 0 radical (unpaired) electrons. The largest absolute Gasteiger partial charge is 0.534 e. The van der Waals surface area contributed by atoms with Crippen LogP contribution in [0.1, 0.15) is 56.9 Å². The SMILES string of the molecule is C[C@@H](CC1CCCCC1)c1ccc(OS(=O)(=O)C(F)(F)F)cc1. The normalized spacial score (nSPS) is 18.6. The molecule has 0 amide bonds. The zero-order valence-electron chi connectivity index (χ0n) is 13.0. The number of hydrogen-bond acceptors (Lipinski definition) is 3. The Bertz CT molecular complexity index is 602. The predicted octanol–water partition coefficient (Wildman–Crippen LogP) is 4.99. The van der Waals surface area contributed by atoms with Crippen LogP contribution in [0.4, 0.5) is 13.2 Å². The lowest BCUT2D eigenvalue weighted by molar-refractivity contribution is -0.0500. The molecule has 1 atom stereocenters. The zero-order valence-corrected chi connectivity index (χ0v) is 13.8. The number of halogens is 3. The monoisotopic (exact) mass is 350 g/mol. The van der Waals surface area contributed by atoms with Gasteiger partial charge in [0.15, 0.2) is 0 Å². The van der Waals surface area contributed by atoms with Gasteiger partial charge in [-0.05, 0) is 36.0 Å². The Morgan fingerprint density at radius 3 is 2.22 bits per heavy atom. The van der Waals surface area contributed by atoms with Crippen molar-refractivity contribution in [3.63, 3.8) is 0 Å². The highest BCUT2D eigenvalue weighted by Crippen LogP contribution is 2.34. The summed E-state index contributed by atoms with van der Waals surface area (Å²) < 4.78 is 62.8. The van der Waals surface area contributed by atoms with Gasteiger partial charge in [0.25, 0.3) is 0 Å². The highest BCUT2D eigenvalue weighted by atomic mass is 32.2. The van der Waals surface area contributed by atoms with Crippen molar-refractivity contribution in [3.8, 4) is 5.75 Å². The third-order valence-corrected chi connectivity index (χ3v) is 5.33. The van der Waals surface area contributed by atoms with E-state index in [1.165, 1.54) is 44.2 Å². The molecule has 0 aromatic heterocycles. The van der Waals surface area contributed by atoms with Crippen LogP contribution >= 0.6 is 0 Å². The van der Waals surface area contributed by atoms with Gasteiger partial charge in [-0.3, -0.25) is 0 Å². The second-order valence-corrected chi connectivity index (χ2v) is 7.73. The minimum absolute atomic E-state index is 0.284. The summed E-state index contributed by atoms with van der Waals surface area (Å²) in [5.74, 6) is 0.655. The molecule has 130 valence electrons. The molecule has 2 rings (SSSR count). The molecule has 1 aliphatic carbocycles. The molecule has 3 nitrogen and oxygen atoms in total. The van der Waals surface area contributed by atoms with Gasteiger partial charge in [-0.15, -0.1) is 0 Å². The van der Waals surface area contributed by atoms with Crippen molar-refractivity contribution in [2.75, 3.05) is 0 Å². The summed E-state index contributed by atoms with van der Waals surface area (Å²) in [7, 11) is -5.61. The molecule has 0 aliphatic heterocycles. The van der Waals surface area contributed by atoms with E-state index in [1.807, 2.05) is 0 Å². The molecule has 1 aromatic carbocycles. The molecule has 1 aromatic rings. The van der Waals surface area contributed by atoms with Crippen molar-refractivity contribution in [3.05, 3.63) is 29.8 Å². The molecule has 1 fully saturated rings. The summed E-state index contributed by atoms with van der Waals surface area (Å²) in [6.45, 7) is 2.08. The molecular formula is C16H21F3O3S. The maximum atomic E-state index is 12.3. The maximum Gasteiger partial charge on any atom is 0.534 e. The fourth-order valence-electron chi connectivity index (χ4n) is 3.08. The Hall–Kier alpha value is -1.24. The van der Waals surface area contributed by atoms with Gasteiger partial charge in [0.2, 0.25) is 0 Å². The van der Waals surface area contributed by atoms with Crippen molar-refractivity contribution in [1.82, 2.24) is 0 Å². The second kappa shape index (κ2) is 7.11. The van der Waals surface area contributed by atoms with Crippen LogP contribution in [0, 0.1) is 5.92 Å². The third kappa shape index (κ3) is 4.86. The molecular weight excluding hydrogens is 329 g/mol. The minimum Gasteiger partial charge on any atom is -0.376 e. The maximum absolute atomic E-state index is 12.3. The first-order valence-electron chi connectivity index (χ1n) is 7.80. The van der Waals surface area contributed by atoms with Gasteiger partial charge < -0.3 is 4.18 Å². The lowest BCUT2D eigenvalue weighted by Crippen LogP contribution is -2.28.